The zero-order chi connectivity index (χ0) is 16.8. The van der Waals surface area contributed by atoms with Gasteiger partial charge in [0.25, 0.3) is 0 Å². The summed E-state index contributed by atoms with van der Waals surface area (Å²) in [6, 6.07) is 10.9. The molecule has 1 aromatic carbocycles. The van der Waals surface area contributed by atoms with E-state index in [1.54, 1.807) is 5.57 Å². The van der Waals surface area contributed by atoms with Crippen LogP contribution in [0.1, 0.15) is 46.6 Å². The second-order valence-corrected chi connectivity index (χ2v) is 8.41. The van der Waals surface area contributed by atoms with Crippen molar-refractivity contribution < 1.29 is 4.74 Å². The van der Waals surface area contributed by atoms with Crippen LogP contribution in [0.25, 0.3) is 5.57 Å². The summed E-state index contributed by atoms with van der Waals surface area (Å²) in [5, 5.41) is 0. The highest BCUT2D eigenvalue weighted by molar-refractivity contribution is 5.75. The summed E-state index contributed by atoms with van der Waals surface area (Å²) in [5.41, 5.74) is 4.56. The zero-order valence-electron chi connectivity index (χ0n) is 15.4. The molecule has 0 spiro atoms. The number of methoxy groups -OCH3 is 1. The van der Waals surface area contributed by atoms with Crippen LogP contribution in [0.3, 0.4) is 0 Å². The van der Waals surface area contributed by atoms with Gasteiger partial charge in [0.15, 0.2) is 0 Å². The first-order valence-electron chi connectivity index (χ1n) is 8.89. The lowest BCUT2D eigenvalue weighted by atomic mass is 9.70. The average molecular weight is 310 g/mol. The van der Waals surface area contributed by atoms with Gasteiger partial charge < -0.3 is 4.74 Å². The minimum absolute atomic E-state index is 0.162. The van der Waals surface area contributed by atoms with E-state index in [0.717, 1.165) is 5.92 Å². The third kappa shape index (κ3) is 2.75. The van der Waals surface area contributed by atoms with Crippen molar-refractivity contribution in [3.8, 4) is 0 Å². The Labute approximate surface area is 141 Å². The standard InChI is InChI=1S/C22H30O/c1-14-12-18-17(15(14)2)13-19(22(3,4)5)21(23-6)20(18)16-10-8-7-9-11-16/h7-11,13-15,18-19H,12H2,1-6H3/t14-,15?,18+,19-/m0/s1. The van der Waals surface area contributed by atoms with E-state index in [-0.39, 0.29) is 5.41 Å². The van der Waals surface area contributed by atoms with Gasteiger partial charge in [-0.25, -0.2) is 0 Å². The van der Waals surface area contributed by atoms with Crippen molar-refractivity contribution in [1.29, 1.82) is 0 Å². The molecule has 1 nitrogen and oxygen atoms in total. The maximum absolute atomic E-state index is 6.01. The molecule has 0 amide bonds. The van der Waals surface area contributed by atoms with Gasteiger partial charge in [-0.15, -0.1) is 0 Å². The fourth-order valence-electron chi connectivity index (χ4n) is 4.36. The lowest BCUT2D eigenvalue weighted by Gasteiger charge is -2.37. The Morgan fingerprint density at radius 3 is 2.26 bits per heavy atom. The first-order valence-corrected chi connectivity index (χ1v) is 8.89. The van der Waals surface area contributed by atoms with Crippen LogP contribution in [-0.4, -0.2) is 7.11 Å². The number of hydrogen-bond donors (Lipinski definition) is 0. The predicted octanol–water partition coefficient (Wildman–Crippen LogP) is 5.94. The minimum Gasteiger partial charge on any atom is -0.500 e. The second kappa shape index (κ2) is 5.85. The van der Waals surface area contributed by atoms with E-state index < -0.39 is 0 Å². The molecule has 23 heavy (non-hydrogen) atoms. The second-order valence-electron chi connectivity index (χ2n) is 8.41. The van der Waals surface area contributed by atoms with E-state index in [2.05, 4.69) is 71.0 Å². The van der Waals surface area contributed by atoms with Crippen LogP contribution in [0, 0.1) is 29.1 Å². The van der Waals surface area contributed by atoms with Crippen LogP contribution >= 0.6 is 0 Å². The van der Waals surface area contributed by atoms with Crippen LogP contribution in [0.2, 0.25) is 0 Å². The van der Waals surface area contributed by atoms with Crippen molar-refractivity contribution in [3.63, 3.8) is 0 Å². The molecule has 1 fully saturated rings. The molecule has 1 aromatic rings. The zero-order valence-corrected chi connectivity index (χ0v) is 15.4. The Hall–Kier alpha value is -1.50. The summed E-state index contributed by atoms with van der Waals surface area (Å²) in [6.45, 7) is 11.8. The smallest absolute Gasteiger partial charge is 0.107 e. The highest BCUT2D eigenvalue weighted by atomic mass is 16.5. The van der Waals surface area contributed by atoms with Gasteiger partial charge in [0, 0.05) is 17.4 Å². The number of rotatable bonds is 2. The van der Waals surface area contributed by atoms with Crippen LogP contribution in [0.5, 0.6) is 0 Å². The molecule has 1 heteroatoms. The molecule has 3 rings (SSSR count). The molecule has 0 radical (unpaired) electrons. The molecule has 0 saturated heterocycles. The number of hydrogen-bond acceptors (Lipinski definition) is 1. The lowest BCUT2D eigenvalue weighted by Crippen LogP contribution is -2.28. The van der Waals surface area contributed by atoms with Crippen LogP contribution in [0.4, 0.5) is 0 Å². The fourth-order valence-corrected chi connectivity index (χ4v) is 4.36. The van der Waals surface area contributed by atoms with Crippen molar-refractivity contribution >= 4 is 5.57 Å². The topological polar surface area (TPSA) is 9.23 Å². The maximum atomic E-state index is 6.01. The largest absolute Gasteiger partial charge is 0.500 e. The highest BCUT2D eigenvalue weighted by Gasteiger charge is 2.43. The van der Waals surface area contributed by atoms with Gasteiger partial charge in [0.1, 0.15) is 5.76 Å². The molecule has 0 bridgehead atoms. The Morgan fingerprint density at radius 2 is 1.70 bits per heavy atom. The number of ether oxygens (including phenoxy) is 1. The first-order chi connectivity index (χ1) is 10.8. The SMILES string of the molecule is COC1=C(c2ccccc2)[C@@H]2C[C@H](C)C(C)C2=C[C@@H]1C(C)(C)C. The van der Waals surface area contributed by atoms with Gasteiger partial charge in [-0.2, -0.15) is 0 Å². The van der Waals surface area contributed by atoms with Gasteiger partial charge in [-0.3, -0.25) is 0 Å². The highest BCUT2D eigenvalue weighted by Crippen LogP contribution is 2.54. The fraction of sp³-hybridized carbons (Fsp3) is 0.545. The van der Waals surface area contributed by atoms with Crippen molar-refractivity contribution in [2.24, 2.45) is 29.1 Å². The van der Waals surface area contributed by atoms with Gasteiger partial charge in [-0.1, -0.05) is 76.6 Å². The number of allylic oxidation sites excluding steroid dienone is 3. The Balaban J connectivity index is 2.20. The molecule has 124 valence electrons. The molecular weight excluding hydrogens is 280 g/mol. The molecule has 0 aliphatic heterocycles. The van der Waals surface area contributed by atoms with E-state index in [9.17, 15) is 0 Å². The van der Waals surface area contributed by atoms with E-state index in [4.69, 9.17) is 4.74 Å². The molecular formula is C22H30O. The summed E-state index contributed by atoms with van der Waals surface area (Å²) in [5.74, 6) is 3.46. The van der Waals surface area contributed by atoms with E-state index >= 15 is 0 Å². The molecule has 4 atom stereocenters. The van der Waals surface area contributed by atoms with Crippen LogP contribution in [-0.2, 0) is 4.74 Å². The summed E-state index contributed by atoms with van der Waals surface area (Å²) in [4.78, 5) is 0. The summed E-state index contributed by atoms with van der Waals surface area (Å²) < 4.78 is 6.01. The van der Waals surface area contributed by atoms with Crippen molar-refractivity contribution in [2.75, 3.05) is 7.11 Å². The van der Waals surface area contributed by atoms with Crippen molar-refractivity contribution in [2.45, 2.75) is 41.0 Å². The normalized spacial score (nSPS) is 31.0. The van der Waals surface area contributed by atoms with E-state index in [1.807, 2.05) is 7.11 Å². The number of fused-ring (bicyclic) bond motifs is 1. The van der Waals surface area contributed by atoms with E-state index in [0.29, 0.717) is 17.8 Å². The Morgan fingerprint density at radius 1 is 1.04 bits per heavy atom. The summed E-state index contributed by atoms with van der Waals surface area (Å²) in [6.07, 6.45) is 3.77. The third-order valence-electron chi connectivity index (χ3n) is 5.88. The van der Waals surface area contributed by atoms with Gasteiger partial charge in [-0.05, 0) is 29.2 Å². The molecule has 0 N–H and O–H groups in total. The molecule has 1 saturated carbocycles. The molecule has 2 aliphatic rings. The minimum atomic E-state index is 0.162. The van der Waals surface area contributed by atoms with Crippen LogP contribution < -0.4 is 0 Å². The Bertz CT molecular complexity index is 630. The first kappa shape index (κ1) is 16.4. The molecule has 2 aliphatic carbocycles. The lowest BCUT2D eigenvalue weighted by molar-refractivity contribution is 0.190. The van der Waals surface area contributed by atoms with Crippen molar-refractivity contribution in [3.05, 3.63) is 53.3 Å². The third-order valence-corrected chi connectivity index (χ3v) is 5.88. The van der Waals surface area contributed by atoms with Gasteiger partial charge in [0.2, 0.25) is 0 Å². The monoisotopic (exact) mass is 310 g/mol. The molecule has 1 unspecified atom stereocenters. The summed E-state index contributed by atoms with van der Waals surface area (Å²) >= 11 is 0. The molecule has 0 heterocycles. The van der Waals surface area contributed by atoms with E-state index in [1.165, 1.54) is 23.3 Å². The van der Waals surface area contributed by atoms with Gasteiger partial charge in [0.05, 0.1) is 7.11 Å². The predicted molar refractivity (Wildman–Crippen MR) is 97.8 cm³/mol. The molecule has 0 aromatic heterocycles. The average Bonchev–Trinajstić information content (AvgIpc) is 2.80. The summed E-state index contributed by atoms with van der Waals surface area (Å²) in [7, 11) is 1.84. The van der Waals surface area contributed by atoms with Gasteiger partial charge >= 0.3 is 0 Å². The Kier molecular flexibility index (Phi) is 4.16. The van der Waals surface area contributed by atoms with Crippen molar-refractivity contribution in [1.82, 2.24) is 0 Å². The maximum Gasteiger partial charge on any atom is 0.107 e. The number of benzene rings is 1. The van der Waals surface area contributed by atoms with Crippen LogP contribution in [0.15, 0.2) is 47.7 Å². The quantitative estimate of drug-likeness (QED) is 0.614.